The molecule has 0 N–H and O–H groups in total. The van der Waals surface area contributed by atoms with E-state index in [9.17, 15) is 0 Å². The number of hydrogen-bond donors (Lipinski definition) is 0. The van der Waals surface area contributed by atoms with Gasteiger partial charge in [-0.1, -0.05) is 58.0 Å². The molecule has 0 spiro atoms. The van der Waals surface area contributed by atoms with Crippen molar-refractivity contribution in [1.82, 2.24) is 9.55 Å². The molecule has 3 heterocycles. The molecule has 4 rings (SSSR count). The highest BCUT2D eigenvalue weighted by Crippen LogP contribution is 2.28. The van der Waals surface area contributed by atoms with Gasteiger partial charge >= 0.3 is 0 Å². The second-order valence-corrected chi connectivity index (χ2v) is 6.63. The topological polar surface area (TPSA) is 36.3 Å². The molecule has 1 saturated heterocycles. The van der Waals surface area contributed by atoms with Crippen LogP contribution >= 0.6 is 15.9 Å². The normalized spacial score (nSPS) is 18.9. The average molecular weight is 433 g/mol. The van der Waals surface area contributed by atoms with Crippen LogP contribution in [-0.4, -0.2) is 22.8 Å². The third-order valence-corrected chi connectivity index (χ3v) is 4.71. The van der Waals surface area contributed by atoms with Crippen LogP contribution in [0.4, 0.5) is 0 Å². The van der Waals surface area contributed by atoms with Gasteiger partial charge in [-0.05, 0) is 28.1 Å². The molecule has 0 unspecified atom stereocenters. The first kappa shape index (κ1) is 21.6. The number of rotatable bonds is 3. The summed E-state index contributed by atoms with van der Waals surface area (Å²) >= 11 is 3.60. The Balaban J connectivity index is 0.000000614. The molecule has 0 atom stereocenters. The summed E-state index contributed by atoms with van der Waals surface area (Å²) in [6, 6.07) is 14.1. The highest BCUT2D eigenvalue weighted by atomic mass is 79.9. The van der Waals surface area contributed by atoms with Gasteiger partial charge in [-0.3, -0.25) is 0 Å². The first-order valence-electron chi connectivity index (χ1n) is 9.69. The van der Waals surface area contributed by atoms with Gasteiger partial charge in [0, 0.05) is 40.3 Å². The number of benzene rings is 1. The van der Waals surface area contributed by atoms with E-state index in [1.54, 1.807) is 0 Å². The van der Waals surface area contributed by atoms with Crippen molar-refractivity contribution in [1.29, 1.82) is 0 Å². The fraction of sp³-hybridized carbons (Fsp3) is 0.409. The van der Waals surface area contributed by atoms with E-state index < -0.39 is 0 Å². The molecule has 1 aliphatic rings. The zero-order chi connectivity index (χ0) is 19.6. The molecule has 27 heavy (non-hydrogen) atoms. The van der Waals surface area contributed by atoms with Gasteiger partial charge < -0.3 is 14.0 Å². The van der Waals surface area contributed by atoms with Crippen LogP contribution in [-0.2, 0) is 16.0 Å². The molecule has 0 aliphatic carbocycles. The third kappa shape index (κ3) is 5.41. The molecule has 0 amide bonds. The SMILES string of the molecule is Brc1cn(CC2COC(c3ccccc3)OC2)c2ncccc12.CC.CC. The lowest BCUT2D eigenvalue weighted by Crippen LogP contribution is -2.30. The van der Waals surface area contributed by atoms with Crippen molar-refractivity contribution in [2.24, 2.45) is 5.92 Å². The van der Waals surface area contributed by atoms with Crippen LogP contribution in [0, 0.1) is 5.92 Å². The van der Waals surface area contributed by atoms with Gasteiger partial charge in [-0.2, -0.15) is 0 Å². The van der Waals surface area contributed by atoms with Crippen molar-refractivity contribution in [2.75, 3.05) is 13.2 Å². The molecule has 146 valence electrons. The van der Waals surface area contributed by atoms with Crippen molar-refractivity contribution in [3.8, 4) is 0 Å². The number of fused-ring (bicyclic) bond motifs is 1. The molecule has 1 fully saturated rings. The lowest BCUT2D eigenvalue weighted by molar-refractivity contribution is -0.206. The van der Waals surface area contributed by atoms with Crippen LogP contribution in [0.2, 0.25) is 0 Å². The van der Waals surface area contributed by atoms with Gasteiger partial charge in [0.2, 0.25) is 0 Å². The minimum atomic E-state index is -0.251. The predicted molar refractivity (Wildman–Crippen MR) is 115 cm³/mol. The second-order valence-electron chi connectivity index (χ2n) is 5.78. The molecular formula is C22H29BrN2O2. The van der Waals surface area contributed by atoms with Crippen molar-refractivity contribution in [3.63, 3.8) is 0 Å². The van der Waals surface area contributed by atoms with Crippen LogP contribution in [0.25, 0.3) is 11.0 Å². The monoisotopic (exact) mass is 432 g/mol. The Labute approximate surface area is 170 Å². The Morgan fingerprint density at radius 3 is 2.33 bits per heavy atom. The first-order chi connectivity index (χ1) is 13.3. The lowest BCUT2D eigenvalue weighted by atomic mass is 10.1. The maximum absolute atomic E-state index is 5.90. The average Bonchev–Trinajstić information content (AvgIpc) is 3.08. The van der Waals surface area contributed by atoms with Crippen LogP contribution in [0.1, 0.15) is 39.5 Å². The van der Waals surface area contributed by atoms with Crippen molar-refractivity contribution in [2.45, 2.75) is 40.5 Å². The Morgan fingerprint density at radius 1 is 1.00 bits per heavy atom. The van der Waals surface area contributed by atoms with Crippen molar-refractivity contribution < 1.29 is 9.47 Å². The zero-order valence-corrected chi connectivity index (χ0v) is 18.1. The summed E-state index contributed by atoms with van der Waals surface area (Å²) in [7, 11) is 0. The van der Waals surface area contributed by atoms with Gasteiger partial charge in [-0.15, -0.1) is 0 Å². The standard InChI is InChI=1S/C18H17BrN2O2.2C2H6/c19-16-10-21(17-15(16)7-4-8-20-17)9-13-11-22-18(23-12-13)14-5-2-1-3-6-14;2*1-2/h1-8,10,13,18H,9,11-12H2;2*1-2H3. The van der Waals surface area contributed by atoms with E-state index in [0.29, 0.717) is 19.1 Å². The predicted octanol–water partition coefficient (Wildman–Crippen LogP) is 6.21. The van der Waals surface area contributed by atoms with E-state index in [4.69, 9.17) is 9.47 Å². The highest BCUT2D eigenvalue weighted by molar-refractivity contribution is 9.10. The summed E-state index contributed by atoms with van der Waals surface area (Å²) < 4.78 is 15.0. The van der Waals surface area contributed by atoms with Crippen LogP contribution < -0.4 is 0 Å². The number of nitrogens with zero attached hydrogens (tertiary/aromatic N) is 2. The fourth-order valence-electron chi connectivity index (χ4n) is 2.95. The molecule has 3 aromatic rings. The summed E-state index contributed by atoms with van der Waals surface area (Å²) in [4.78, 5) is 4.48. The molecule has 0 saturated carbocycles. The Kier molecular flexibility index (Phi) is 8.98. The maximum Gasteiger partial charge on any atom is 0.183 e. The van der Waals surface area contributed by atoms with Gasteiger partial charge in [0.25, 0.3) is 0 Å². The second kappa shape index (κ2) is 11.2. The Hall–Kier alpha value is -1.69. The van der Waals surface area contributed by atoms with E-state index in [1.165, 1.54) is 0 Å². The van der Waals surface area contributed by atoms with Crippen molar-refractivity contribution in [3.05, 3.63) is 64.9 Å². The third-order valence-electron chi connectivity index (χ3n) is 4.08. The smallest absolute Gasteiger partial charge is 0.183 e. The summed E-state index contributed by atoms with van der Waals surface area (Å²) in [6.45, 7) is 10.2. The lowest BCUT2D eigenvalue weighted by Gasteiger charge is -2.29. The molecule has 5 heteroatoms. The van der Waals surface area contributed by atoms with Crippen LogP contribution in [0.3, 0.4) is 0 Å². The molecular weight excluding hydrogens is 404 g/mol. The molecule has 1 aliphatic heterocycles. The number of aromatic nitrogens is 2. The van der Waals surface area contributed by atoms with Crippen LogP contribution in [0.15, 0.2) is 59.3 Å². The molecule has 1 aromatic carbocycles. The summed E-state index contributed by atoms with van der Waals surface area (Å²) in [6.07, 6.45) is 3.66. The minimum absolute atomic E-state index is 0.251. The Bertz CT molecular complexity index is 796. The number of pyridine rings is 1. The van der Waals surface area contributed by atoms with E-state index in [1.807, 2.05) is 70.3 Å². The van der Waals surface area contributed by atoms with E-state index in [2.05, 4.69) is 37.7 Å². The quantitative estimate of drug-likeness (QED) is 0.493. The maximum atomic E-state index is 5.90. The fourth-order valence-corrected chi connectivity index (χ4v) is 3.50. The van der Waals surface area contributed by atoms with Gasteiger partial charge in [0.05, 0.1) is 13.2 Å². The number of halogens is 1. The largest absolute Gasteiger partial charge is 0.348 e. The first-order valence-corrected chi connectivity index (χ1v) is 10.5. The van der Waals surface area contributed by atoms with E-state index in [-0.39, 0.29) is 6.29 Å². The molecule has 0 bridgehead atoms. The van der Waals surface area contributed by atoms with E-state index >= 15 is 0 Å². The molecule has 4 nitrogen and oxygen atoms in total. The zero-order valence-electron chi connectivity index (χ0n) is 16.6. The number of hydrogen-bond acceptors (Lipinski definition) is 3. The van der Waals surface area contributed by atoms with Gasteiger partial charge in [0.1, 0.15) is 5.65 Å². The molecule has 2 aromatic heterocycles. The molecule has 0 radical (unpaired) electrons. The summed E-state index contributed by atoms with van der Waals surface area (Å²) in [5.74, 6) is 0.319. The van der Waals surface area contributed by atoms with Gasteiger partial charge in [0.15, 0.2) is 6.29 Å². The summed E-state index contributed by atoms with van der Waals surface area (Å²) in [5.41, 5.74) is 2.06. The number of ether oxygens (including phenoxy) is 2. The van der Waals surface area contributed by atoms with Gasteiger partial charge in [-0.25, -0.2) is 4.98 Å². The summed E-state index contributed by atoms with van der Waals surface area (Å²) in [5, 5.41) is 1.13. The minimum Gasteiger partial charge on any atom is -0.348 e. The Morgan fingerprint density at radius 2 is 1.67 bits per heavy atom. The van der Waals surface area contributed by atoms with Crippen molar-refractivity contribution >= 4 is 27.0 Å². The van der Waals surface area contributed by atoms with E-state index in [0.717, 1.165) is 27.6 Å². The van der Waals surface area contributed by atoms with Crippen LogP contribution in [0.5, 0.6) is 0 Å². The highest BCUT2D eigenvalue weighted by Gasteiger charge is 2.24.